The molecular formula is C28H50O6Si2. The van der Waals surface area contributed by atoms with Crippen molar-refractivity contribution in [1.82, 2.24) is 0 Å². The molecule has 0 N–H and O–H groups in total. The van der Waals surface area contributed by atoms with E-state index in [1.807, 2.05) is 6.92 Å². The maximum Gasteiger partial charge on any atom is 0.314 e. The number of hydrogen-bond donors (Lipinski definition) is 0. The number of carbonyl (C=O) groups excluding carboxylic acids is 2. The highest BCUT2D eigenvalue weighted by Crippen LogP contribution is 2.78. The Labute approximate surface area is 220 Å². The quantitative estimate of drug-likeness (QED) is 0.298. The summed E-state index contributed by atoms with van der Waals surface area (Å²) in [5.41, 5.74) is -1.18. The number of rotatable bonds is 7. The van der Waals surface area contributed by atoms with E-state index in [1.54, 1.807) is 0 Å². The van der Waals surface area contributed by atoms with Crippen LogP contribution < -0.4 is 0 Å². The van der Waals surface area contributed by atoms with E-state index in [0.29, 0.717) is 17.8 Å². The highest BCUT2D eigenvalue weighted by Gasteiger charge is 2.77. The second-order valence-corrected chi connectivity index (χ2v) is 23.7. The second kappa shape index (κ2) is 9.20. The van der Waals surface area contributed by atoms with Crippen molar-refractivity contribution in [2.75, 3.05) is 20.8 Å². The standard InChI is InChI=1S/C28H50O6Si2/c1-26-14-13-21(34-36(8,9)10)27(2,25(30)32-4)23(26)22(24(29)31-3)28-15-18(11-12-20(26)28)19(16-28)17-33-35(5,6)7/h18-23H,11-17H2,1-10H3/t18-,19+,20?,21+,22?,23?,26+,27?,28-/m1/s1. The van der Waals surface area contributed by atoms with Gasteiger partial charge in [-0.3, -0.25) is 9.59 Å². The molecule has 4 aliphatic carbocycles. The molecule has 8 heteroatoms. The molecular weight excluding hydrogens is 488 g/mol. The Morgan fingerprint density at radius 1 is 0.889 bits per heavy atom. The van der Waals surface area contributed by atoms with Gasteiger partial charge in [0.25, 0.3) is 0 Å². The van der Waals surface area contributed by atoms with Gasteiger partial charge in [-0.25, -0.2) is 0 Å². The Hall–Kier alpha value is -0.706. The van der Waals surface area contributed by atoms with Crippen LogP contribution in [0.2, 0.25) is 39.3 Å². The molecule has 2 bridgehead atoms. The van der Waals surface area contributed by atoms with Gasteiger partial charge in [0, 0.05) is 6.61 Å². The lowest BCUT2D eigenvalue weighted by atomic mass is 9.52. The van der Waals surface area contributed by atoms with Crippen molar-refractivity contribution < 1.29 is 27.9 Å². The van der Waals surface area contributed by atoms with Crippen molar-refractivity contribution in [2.24, 2.45) is 45.8 Å². The van der Waals surface area contributed by atoms with Crippen LogP contribution in [0.5, 0.6) is 0 Å². The maximum absolute atomic E-state index is 13.8. The number of fused-ring (bicyclic) bond motifs is 3. The van der Waals surface area contributed by atoms with Crippen molar-refractivity contribution in [2.45, 2.75) is 97.8 Å². The van der Waals surface area contributed by atoms with Gasteiger partial charge in [0.1, 0.15) is 0 Å². The fourth-order valence-corrected chi connectivity index (χ4v) is 11.4. The average Bonchev–Trinajstić information content (AvgIpc) is 3.19. The first-order valence-corrected chi connectivity index (χ1v) is 20.8. The molecule has 0 aromatic rings. The summed E-state index contributed by atoms with van der Waals surface area (Å²) < 4.78 is 24.2. The molecule has 9 atom stereocenters. The molecule has 4 saturated carbocycles. The third-order valence-corrected chi connectivity index (χ3v) is 12.5. The molecule has 0 amide bonds. The van der Waals surface area contributed by atoms with Crippen molar-refractivity contribution in [3.63, 3.8) is 0 Å². The van der Waals surface area contributed by atoms with Crippen LogP contribution in [-0.4, -0.2) is 55.5 Å². The van der Waals surface area contributed by atoms with Gasteiger partial charge in [-0.1, -0.05) is 6.92 Å². The molecule has 1 spiro atoms. The summed E-state index contributed by atoms with van der Waals surface area (Å²) in [6, 6.07) is 0. The minimum atomic E-state index is -1.95. The number of methoxy groups -OCH3 is 2. The van der Waals surface area contributed by atoms with Crippen molar-refractivity contribution in [3.8, 4) is 0 Å². The Morgan fingerprint density at radius 3 is 2.11 bits per heavy atom. The SMILES string of the molecule is COC(=O)C1C2C(C)(C(=O)OC)[C@@H](O[Si](C)(C)C)CC[C@@]2(C)C2CC[C@@H]3C[C@]12C[C@H]3CO[Si](C)(C)C. The monoisotopic (exact) mass is 538 g/mol. The Balaban J connectivity index is 1.82. The van der Waals surface area contributed by atoms with Crippen molar-refractivity contribution in [1.29, 1.82) is 0 Å². The van der Waals surface area contributed by atoms with Gasteiger partial charge in [0.2, 0.25) is 0 Å². The van der Waals surface area contributed by atoms with E-state index in [2.05, 4.69) is 46.2 Å². The van der Waals surface area contributed by atoms with Crippen molar-refractivity contribution >= 4 is 28.6 Å². The summed E-state index contributed by atoms with van der Waals surface area (Å²) in [5, 5.41) is 0. The van der Waals surface area contributed by atoms with Gasteiger partial charge in [0.15, 0.2) is 16.6 Å². The molecule has 4 rings (SSSR count). The Bertz CT molecular complexity index is 880. The van der Waals surface area contributed by atoms with Crippen LogP contribution in [0.1, 0.15) is 52.4 Å². The van der Waals surface area contributed by atoms with Crippen LogP contribution in [0.3, 0.4) is 0 Å². The molecule has 4 fully saturated rings. The molecule has 0 aromatic heterocycles. The van der Waals surface area contributed by atoms with Gasteiger partial charge < -0.3 is 18.3 Å². The van der Waals surface area contributed by atoms with Crippen LogP contribution in [0.25, 0.3) is 0 Å². The zero-order valence-corrected chi connectivity index (χ0v) is 26.4. The lowest BCUT2D eigenvalue weighted by molar-refractivity contribution is -0.183. The molecule has 4 unspecified atom stereocenters. The molecule has 36 heavy (non-hydrogen) atoms. The van der Waals surface area contributed by atoms with Crippen LogP contribution in [0, 0.1) is 45.8 Å². The van der Waals surface area contributed by atoms with Gasteiger partial charge in [-0.05, 0) is 119 Å². The van der Waals surface area contributed by atoms with E-state index in [4.69, 9.17) is 18.3 Å². The highest BCUT2D eigenvalue weighted by atomic mass is 28.4. The van der Waals surface area contributed by atoms with Crippen LogP contribution in [0.4, 0.5) is 0 Å². The third kappa shape index (κ3) is 4.35. The normalized spacial score (nSPS) is 44.1. The highest BCUT2D eigenvalue weighted by molar-refractivity contribution is 6.70. The fraction of sp³-hybridized carbons (Fsp3) is 0.929. The molecule has 0 aromatic carbocycles. The molecule has 206 valence electrons. The molecule has 6 nitrogen and oxygen atoms in total. The van der Waals surface area contributed by atoms with Crippen LogP contribution in [0.15, 0.2) is 0 Å². The summed E-state index contributed by atoms with van der Waals surface area (Å²) in [5.74, 6) is 0.561. The summed E-state index contributed by atoms with van der Waals surface area (Å²) in [7, 11) is -0.594. The minimum Gasteiger partial charge on any atom is -0.469 e. The van der Waals surface area contributed by atoms with E-state index in [-0.39, 0.29) is 40.7 Å². The second-order valence-electron chi connectivity index (χ2n) is 14.7. The average molecular weight is 539 g/mol. The summed E-state index contributed by atoms with van der Waals surface area (Å²) in [6.07, 6.45) is 5.89. The van der Waals surface area contributed by atoms with E-state index >= 15 is 0 Å². The minimum absolute atomic E-state index is 0.138. The van der Waals surface area contributed by atoms with Gasteiger partial charge in [-0.2, -0.15) is 0 Å². The largest absolute Gasteiger partial charge is 0.469 e. The number of esters is 2. The maximum atomic E-state index is 13.8. The molecule has 0 saturated heterocycles. The predicted octanol–water partition coefficient (Wildman–Crippen LogP) is 5.88. The molecule has 0 radical (unpaired) electrons. The molecule has 4 aliphatic rings. The predicted molar refractivity (Wildman–Crippen MR) is 145 cm³/mol. The summed E-state index contributed by atoms with van der Waals surface area (Å²) >= 11 is 0. The Kier molecular flexibility index (Phi) is 7.23. The van der Waals surface area contributed by atoms with Crippen molar-refractivity contribution in [3.05, 3.63) is 0 Å². The zero-order chi connectivity index (χ0) is 26.9. The van der Waals surface area contributed by atoms with Crippen LogP contribution in [-0.2, 0) is 27.9 Å². The first kappa shape index (κ1) is 28.3. The topological polar surface area (TPSA) is 71.1 Å². The lowest BCUT2D eigenvalue weighted by Crippen LogP contribution is -2.60. The van der Waals surface area contributed by atoms with E-state index in [1.165, 1.54) is 20.6 Å². The van der Waals surface area contributed by atoms with Gasteiger partial charge >= 0.3 is 11.9 Å². The van der Waals surface area contributed by atoms with E-state index in [9.17, 15) is 9.59 Å². The summed E-state index contributed by atoms with van der Waals surface area (Å²) in [6.45, 7) is 18.5. The smallest absolute Gasteiger partial charge is 0.314 e. The zero-order valence-electron chi connectivity index (χ0n) is 24.4. The fourth-order valence-electron chi connectivity index (χ4n) is 9.51. The van der Waals surface area contributed by atoms with E-state index in [0.717, 1.165) is 38.7 Å². The molecule has 0 aliphatic heterocycles. The number of carbonyl (C=O) groups is 2. The van der Waals surface area contributed by atoms with Gasteiger partial charge in [-0.15, -0.1) is 0 Å². The van der Waals surface area contributed by atoms with Crippen LogP contribution >= 0.6 is 0 Å². The van der Waals surface area contributed by atoms with Gasteiger partial charge in [0.05, 0.1) is 31.7 Å². The summed E-state index contributed by atoms with van der Waals surface area (Å²) in [4.78, 5) is 27.6. The number of hydrogen-bond acceptors (Lipinski definition) is 6. The lowest BCUT2D eigenvalue weighted by Gasteiger charge is -2.55. The third-order valence-electron chi connectivity index (χ3n) is 10.5. The molecule has 0 heterocycles. The number of ether oxygens (including phenoxy) is 2. The Morgan fingerprint density at radius 2 is 1.56 bits per heavy atom. The first-order chi connectivity index (χ1) is 16.5. The van der Waals surface area contributed by atoms with E-state index < -0.39 is 22.0 Å². The first-order valence-electron chi connectivity index (χ1n) is 14.0.